The number of hydrogen-bond acceptors (Lipinski definition) is 4. The summed E-state index contributed by atoms with van der Waals surface area (Å²) in [6.07, 6.45) is 1.41. The standard InChI is InChI=1S/C16H24N2O3.ClH/c1-11(2)20-10-12-3-5-13(6-4-12)18-16(19)15-8-7-14(9-17)21-15;/h3-6,11,14-15H,7-10,17H2,1-2H3,(H,18,19);1H/t14-,15+;/m1./s1. The van der Waals surface area contributed by atoms with Crippen LogP contribution in [-0.2, 0) is 20.9 Å². The van der Waals surface area contributed by atoms with Gasteiger partial charge < -0.3 is 20.5 Å². The number of benzene rings is 1. The molecule has 1 aromatic rings. The lowest BCUT2D eigenvalue weighted by Crippen LogP contribution is -2.29. The summed E-state index contributed by atoms with van der Waals surface area (Å²) in [7, 11) is 0. The number of carbonyl (C=O) groups is 1. The monoisotopic (exact) mass is 328 g/mol. The minimum absolute atomic E-state index is 0. The van der Waals surface area contributed by atoms with E-state index in [1.54, 1.807) is 0 Å². The van der Waals surface area contributed by atoms with Gasteiger partial charge in [0.15, 0.2) is 0 Å². The molecule has 0 aliphatic carbocycles. The third-order valence-electron chi connectivity index (χ3n) is 3.47. The van der Waals surface area contributed by atoms with Gasteiger partial charge in [-0.05, 0) is 44.4 Å². The number of anilines is 1. The van der Waals surface area contributed by atoms with E-state index in [1.165, 1.54) is 0 Å². The third-order valence-corrected chi connectivity index (χ3v) is 3.47. The van der Waals surface area contributed by atoms with Crippen molar-refractivity contribution in [2.45, 2.75) is 51.6 Å². The van der Waals surface area contributed by atoms with Crippen molar-refractivity contribution >= 4 is 24.0 Å². The second-order valence-electron chi connectivity index (χ2n) is 5.61. The zero-order chi connectivity index (χ0) is 15.2. The first-order valence-corrected chi connectivity index (χ1v) is 7.45. The number of hydrogen-bond donors (Lipinski definition) is 2. The molecule has 5 nitrogen and oxygen atoms in total. The predicted octanol–water partition coefficient (Wildman–Crippen LogP) is 2.48. The number of nitrogens with one attached hydrogen (secondary N) is 1. The smallest absolute Gasteiger partial charge is 0.253 e. The lowest BCUT2D eigenvalue weighted by Gasteiger charge is -2.13. The van der Waals surface area contributed by atoms with Crippen LogP contribution in [0.1, 0.15) is 32.3 Å². The second-order valence-corrected chi connectivity index (χ2v) is 5.61. The van der Waals surface area contributed by atoms with Gasteiger partial charge in [-0.15, -0.1) is 12.4 Å². The van der Waals surface area contributed by atoms with Gasteiger partial charge in [-0.1, -0.05) is 12.1 Å². The maximum Gasteiger partial charge on any atom is 0.253 e. The van der Waals surface area contributed by atoms with Gasteiger partial charge in [-0.25, -0.2) is 0 Å². The summed E-state index contributed by atoms with van der Waals surface area (Å²) in [5.41, 5.74) is 7.40. The first-order chi connectivity index (χ1) is 10.1. The Morgan fingerprint density at radius 1 is 1.36 bits per heavy atom. The van der Waals surface area contributed by atoms with E-state index in [0.29, 0.717) is 13.2 Å². The molecule has 1 aliphatic heterocycles. The number of carbonyl (C=O) groups excluding carboxylic acids is 1. The SMILES string of the molecule is CC(C)OCc1ccc(NC(=O)[C@@H]2CC[C@H](CN)O2)cc1.Cl. The van der Waals surface area contributed by atoms with Crippen molar-refractivity contribution in [1.29, 1.82) is 0 Å². The van der Waals surface area contributed by atoms with Gasteiger partial charge in [0, 0.05) is 12.2 Å². The molecule has 124 valence electrons. The molecule has 1 fully saturated rings. The summed E-state index contributed by atoms with van der Waals surface area (Å²) in [5, 5.41) is 2.88. The van der Waals surface area contributed by atoms with Crippen molar-refractivity contribution < 1.29 is 14.3 Å². The van der Waals surface area contributed by atoms with E-state index >= 15 is 0 Å². The van der Waals surface area contributed by atoms with Crippen LogP contribution < -0.4 is 11.1 Å². The molecule has 6 heteroatoms. The summed E-state index contributed by atoms with van der Waals surface area (Å²) >= 11 is 0. The molecule has 0 unspecified atom stereocenters. The van der Waals surface area contributed by atoms with Crippen LogP contribution in [0.15, 0.2) is 24.3 Å². The van der Waals surface area contributed by atoms with E-state index in [9.17, 15) is 4.79 Å². The van der Waals surface area contributed by atoms with Crippen LogP contribution in [0.5, 0.6) is 0 Å². The molecule has 2 rings (SSSR count). The van der Waals surface area contributed by atoms with Crippen LogP contribution in [0.4, 0.5) is 5.69 Å². The van der Waals surface area contributed by atoms with Gasteiger partial charge >= 0.3 is 0 Å². The lowest BCUT2D eigenvalue weighted by atomic mass is 10.1. The molecule has 2 atom stereocenters. The molecule has 0 aromatic heterocycles. The Bertz CT molecular complexity index is 465. The van der Waals surface area contributed by atoms with E-state index in [0.717, 1.165) is 24.1 Å². The average molecular weight is 329 g/mol. The van der Waals surface area contributed by atoms with Gasteiger partial charge in [0.1, 0.15) is 6.10 Å². The molecule has 0 saturated carbocycles. The van der Waals surface area contributed by atoms with E-state index < -0.39 is 0 Å². The van der Waals surface area contributed by atoms with Gasteiger partial charge in [-0.2, -0.15) is 0 Å². The lowest BCUT2D eigenvalue weighted by molar-refractivity contribution is -0.126. The van der Waals surface area contributed by atoms with Crippen molar-refractivity contribution in [2.75, 3.05) is 11.9 Å². The van der Waals surface area contributed by atoms with Crippen molar-refractivity contribution in [3.05, 3.63) is 29.8 Å². The van der Waals surface area contributed by atoms with Crippen molar-refractivity contribution in [3.8, 4) is 0 Å². The highest BCUT2D eigenvalue weighted by molar-refractivity contribution is 5.94. The average Bonchev–Trinajstić information content (AvgIpc) is 2.95. The fourth-order valence-electron chi connectivity index (χ4n) is 2.24. The van der Waals surface area contributed by atoms with Crippen molar-refractivity contribution in [3.63, 3.8) is 0 Å². The summed E-state index contributed by atoms with van der Waals surface area (Å²) in [4.78, 5) is 12.1. The van der Waals surface area contributed by atoms with Gasteiger partial charge in [0.25, 0.3) is 5.91 Å². The summed E-state index contributed by atoms with van der Waals surface area (Å²) in [6.45, 7) is 5.06. The Hall–Kier alpha value is -1.14. The Morgan fingerprint density at radius 2 is 2.05 bits per heavy atom. The Kier molecular flexibility index (Phi) is 7.82. The number of nitrogens with two attached hydrogens (primary N) is 1. The van der Waals surface area contributed by atoms with Crippen LogP contribution in [0, 0.1) is 0 Å². The quantitative estimate of drug-likeness (QED) is 0.841. The molecule has 1 heterocycles. The zero-order valence-corrected chi connectivity index (χ0v) is 13.9. The minimum atomic E-state index is -0.387. The Morgan fingerprint density at radius 3 is 2.59 bits per heavy atom. The number of halogens is 1. The van der Waals surface area contributed by atoms with Crippen LogP contribution >= 0.6 is 12.4 Å². The highest BCUT2D eigenvalue weighted by Gasteiger charge is 2.29. The van der Waals surface area contributed by atoms with E-state index in [2.05, 4.69) is 5.32 Å². The minimum Gasteiger partial charge on any atom is -0.374 e. The highest BCUT2D eigenvalue weighted by Crippen LogP contribution is 2.20. The van der Waals surface area contributed by atoms with Crippen LogP contribution in [0.2, 0.25) is 0 Å². The largest absolute Gasteiger partial charge is 0.374 e. The maximum atomic E-state index is 12.1. The van der Waals surface area contributed by atoms with Crippen LogP contribution in [-0.4, -0.2) is 30.8 Å². The predicted molar refractivity (Wildman–Crippen MR) is 89.2 cm³/mol. The van der Waals surface area contributed by atoms with E-state index in [4.69, 9.17) is 15.2 Å². The molecule has 3 N–H and O–H groups in total. The maximum absolute atomic E-state index is 12.1. The molecular formula is C16H25ClN2O3. The molecule has 1 aromatic carbocycles. The normalized spacial score (nSPS) is 20.7. The molecule has 1 aliphatic rings. The first kappa shape index (κ1) is 18.9. The molecule has 0 bridgehead atoms. The van der Waals surface area contributed by atoms with Crippen LogP contribution in [0.3, 0.4) is 0 Å². The molecule has 0 radical (unpaired) electrons. The van der Waals surface area contributed by atoms with Crippen molar-refractivity contribution in [2.24, 2.45) is 5.73 Å². The van der Waals surface area contributed by atoms with Gasteiger partial charge in [0.2, 0.25) is 0 Å². The van der Waals surface area contributed by atoms with E-state index in [1.807, 2.05) is 38.1 Å². The Labute approximate surface area is 138 Å². The fraction of sp³-hybridized carbons (Fsp3) is 0.562. The second kappa shape index (κ2) is 9.10. The molecule has 1 amide bonds. The number of rotatable bonds is 6. The van der Waals surface area contributed by atoms with E-state index in [-0.39, 0.29) is 36.6 Å². The summed E-state index contributed by atoms with van der Waals surface area (Å²) in [5.74, 6) is -0.0999. The first-order valence-electron chi connectivity index (χ1n) is 7.45. The molecule has 0 spiro atoms. The third kappa shape index (κ3) is 5.57. The van der Waals surface area contributed by atoms with Gasteiger partial charge in [0.05, 0.1) is 18.8 Å². The summed E-state index contributed by atoms with van der Waals surface area (Å²) < 4.78 is 11.1. The number of amides is 1. The highest BCUT2D eigenvalue weighted by atomic mass is 35.5. The van der Waals surface area contributed by atoms with Crippen LogP contribution in [0.25, 0.3) is 0 Å². The number of ether oxygens (including phenoxy) is 2. The molecule has 1 saturated heterocycles. The van der Waals surface area contributed by atoms with Gasteiger partial charge in [-0.3, -0.25) is 4.79 Å². The molecule has 22 heavy (non-hydrogen) atoms. The summed E-state index contributed by atoms with van der Waals surface area (Å²) in [6, 6.07) is 7.67. The van der Waals surface area contributed by atoms with Crippen molar-refractivity contribution in [1.82, 2.24) is 0 Å². The topological polar surface area (TPSA) is 73.6 Å². The molecular weight excluding hydrogens is 304 g/mol. The zero-order valence-electron chi connectivity index (χ0n) is 13.1. The Balaban J connectivity index is 0.00000242. The fourth-order valence-corrected chi connectivity index (χ4v) is 2.24.